The lowest BCUT2D eigenvalue weighted by Gasteiger charge is -2.18. The van der Waals surface area contributed by atoms with Crippen molar-refractivity contribution in [3.05, 3.63) is 64.2 Å². The number of ketones is 1. The third kappa shape index (κ3) is 3.94. The van der Waals surface area contributed by atoms with E-state index >= 15 is 0 Å². The Morgan fingerprint density at radius 2 is 2.04 bits per heavy atom. The van der Waals surface area contributed by atoms with Crippen molar-refractivity contribution < 1.29 is 13.9 Å². The minimum absolute atomic E-state index is 0.0486. The molecular weight excluding hydrogens is 379 g/mol. The highest BCUT2D eigenvalue weighted by molar-refractivity contribution is 7.99. The molecule has 146 valence electrons. The van der Waals surface area contributed by atoms with Gasteiger partial charge in [-0.1, -0.05) is 30.8 Å². The number of halogens is 1. The van der Waals surface area contributed by atoms with Crippen molar-refractivity contribution in [3.63, 3.8) is 0 Å². The number of hydrogen-bond acceptors (Lipinski definition) is 5. The zero-order chi connectivity index (χ0) is 20.3. The molecule has 2 aromatic carbocycles. The molecule has 0 radical (unpaired) electrons. The van der Waals surface area contributed by atoms with Crippen molar-refractivity contribution >= 4 is 28.4 Å². The fraction of sp³-hybridized carbons (Fsp3) is 0.286. The van der Waals surface area contributed by atoms with Gasteiger partial charge in [0.05, 0.1) is 23.8 Å². The summed E-state index contributed by atoms with van der Waals surface area (Å²) >= 11 is 1.19. The standard InChI is InChI=1S/C21H21FN2O3S/c1-4-13(2)24-20(26)15-7-5-6-8-17(15)23-21(24)28-12-18(25)14-9-10-19(27-3)16(22)11-14/h5-11,13H,4,12H2,1-3H3/t13-/m1/s1. The van der Waals surface area contributed by atoms with E-state index in [9.17, 15) is 14.0 Å². The summed E-state index contributed by atoms with van der Waals surface area (Å²) in [4.78, 5) is 30.1. The number of carbonyl (C=O) groups is 1. The number of nitrogens with zero attached hydrogens (tertiary/aromatic N) is 2. The molecule has 0 aliphatic carbocycles. The van der Waals surface area contributed by atoms with Gasteiger partial charge < -0.3 is 4.74 Å². The number of carbonyl (C=O) groups excluding carboxylic acids is 1. The number of rotatable bonds is 7. The molecule has 0 spiro atoms. The van der Waals surface area contributed by atoms with Gasteiger partial charge in [-0.05, 0) is 43.7 Å². The maximum atomic E-state index is 13.9. The van der Waals surface area contributed by atoms with E-state index < -0.39 is 5.82 Å². The van der Waals surface area contributed by atoms with E-state index in [0.29, 0.717) is 16.1 Å². The zero-order valence-corrected chi connectivity index (χ0v) is 16.8. The van der Waals surface area contributed by atoms with Crippen LogP contribution in [0.25, 0.3) is 10.9 Å². The van der Waals surface area contributed by atoms with E-state index in [1.54, 1.807) is 22.8 Å². The van der Waals surface area contributed by atoms with Gasteiger partial charge in [0.25, 0.3) is 5.56 Å². The number of aromatic nitrogens is 2. The fourth-order valence-electron chi connectivity index (χ4n) is 2.85. The van der Waals surface area contributed by atoms with E-state index in [4.69, 9.17) is 4.74 Å². The Kier molecular flexibility index (Phi) is 6.14. The summed E-state index contributed by atoms with van der Waals surface area (Å²) in [6.07, 6.45) is 0.755. The number of para-hydroxylation sites is 1. The molecule has 1 atom stereocenters. The third-order valence-corrected chi connectivity index (χ3v) is 5.57. The molecular formula is C21H21FN2O3S. The molecule has 0 bridgehead atoms. The Bertz CT molecular complexity index is 1080. The molecule has 0 aliphatic rings. The summed E-state index contributed by atoms with van der Waals surface area (Å²) in [7, 11) is 1.37. The van der Waals surface area contributed by atoms with Crippen LogP contribution in [0.2, 0.25) is 0 Å². The molecule has 0 saturated carbocycles. The van der Waals surface area contributed by atoms with Crippen molar-refractivity contribution in [2.75, 3.05) is 12.9 Å². The molecule has 1 heterocycles. The van der Waals surface area contributed by atoms with Crippen LogP contribution in [0.1, 0.15) is 36.7 Å². The van der Waals surface area contributed by atoms with Gasteiger partial charge in [-0.25, -0.2) is 9.37 Å². The van der Waals surface area contributed by atoms with Crippen LogP contribution < -0.4 is 10.3 Å². The van der Waals surface area contributed by atoms with Crippen LogP contribution in [0.15, 0.2) is 52.4 Å². The van der Waals surface area contributed by atoms with Gasteiger partial charge in [-0.2, -0.15) is 0 Å². The summed E-state index contributed by atoms with van der Waals surface area (Å²) in [5, 5.41) is 1.04. The lowest BCUT2D eigenvalue weighted by atomic mass is 10.1. The van der Waals surface area contributed by atoms with E-state index in [1.165, 1.54) is 31.0 Å². The van der Waals surface area contributed by atoms with Crippen LogP contribution in [0.5, 0.6) is 5.75 Å². The number of thioether (sulfide) groups is 1. The number of Topliss-reactive ketones (excluding diaryl/α,β-unsaturated/α-hetero) is 1. The number of benzene rings is 2. The van der Waals surface area contributed by atoms with Crippen LogP contribution in [0.3, 0.4) is 0 Å². The average molecular weight is 400 g/mol. The van der Waals surface area contributed by atoms with E-state index in [1.807, 2.05) is 19.9 Å². The van der Waals surface area contributed by atoms with Crippen molar-refractivity contribution in [1.29, 1.82) is 0 Å². The van der Waals surface area contributed by atoms with Crippen LogP contribution in [-0.2, 0) is 0 Å². The maximum Gasteiger partial charge on any atom is 0.262 e. The zero-order valence-electron chi connectivity index (χ0n) is 15.9. The topological polar surface area (TPSA) is 61.2 Å². The first-order valence-electron chi connectivity index (χ1n) is 8.97. The van der Waals surface area contributed by atoms with Gasteiger partial charge in [-0.15, -0.1) is 0 Å². The van der Waals surface area contributed by atoms with Crippen LogP contribution in [0, 0.1) is 5.82 Å². The number of hydrogen-bond donors (Lipinski definition) is 0. The SMILES string of the molecule is CC[C@@H](C)n1c(SCC(=O)c2ccc(OC)c(F)c2)nc2ccccc2c1=O. The maximum absolute atomic E-state index is 13.9. The number of fused-ring (bicyclic) bond motifs is 1. The van der Waals surface area contributed by atoms with Crippen LogP contribution in [-0.4, -0.2) is 28.2 Å². The van der Waals surface area contributed by atoms with Crippen molar-refractivity contribution in [2.45, 2.75) is 31.5 Å². The molecule has 3 aromatic rings. The number of ether oxygens (including phenoxy) is 1. The van der Waals surface area contributed by atoms with Crippen molar-refractivity contribution in [2.24, 2.45) is 0 Å². The number of methoxy groups -OCH3 is 1. The Labute approximate surface area is 166 Å². The molecule has 7 heteroatoms. The van der Waals surface area contributed by atoms with Gasteiger partial charge >= 0.3 is 0 Å². The molecule has 3 rings (SSSR count). The highest BCUT2D eigenvalue weighted by atomic mass is 32.2. The Morgan fingerprint density at radius 1 is 1.29 bits per heavy atom. The molecule has 5 nitrogen and oxygen atoms in total. The highest BCUT2D eigenvalue weighted by Gasteiger charge is 2.17. The second-order valence-corrected chi connectivity index (χ2v) is 7.35. The molecule has 28 heavy (non-hydrogen) atoms. The predicted octanol–water partition coefficient (Wildman–Crippen LogP) is 4.49. The third-order valence-electron chi connectivity index (χ3n) is 4.61. The minimum Gasteiger partial charge on any atom is -0.494 e. The Morgan fingerprint density at radius 3 is 2.71 bits per heavy atom. The second kappa shape index (κ2) is 8.56. The van der Waals surface area contributed by atoms with Gasteiger partial charge in [0.2, 0.25) is 0 Å². The van der Waals surface area contributed by atoms with Crippen molar-refractivity contribution in [3.8, 4) is 5.75 Å². The molecule has 0 unspecified atom stereocenters. The van der Waals surface area contributed by atoms with Gasteiger partial charge in [0, 0.05) is 11.6 Å². The Hall–Kier alpha value is -2.67. The molecule has 0 saturated heterocycles. The summed E-state index contributed by atoms with van der Waals surface area (Å²) < 4.78 is 20.4. The monoisotopic (exact) mass is 400 g/mol. The quantitative estimate of drug-likeness (QED) is 0.332. The lowest BCUT2D eigenvalue weighted by molar-refractivity contribution is 0.102. The minimum atomic E-state index is -0.585. The van der Waals surface area contributed by atoms with Crippen LogP contribution >= 0.6 is 11.8 Å². The lowest BCUT2D eigenvalue weighted by Crippen LogP contribution is -2.26. The largest absolute Gasteiger partial charge is 0.494 e. The molecule has 1 aromatic heterocycles. The summed E-state index contributed by atoms with van der Waals surface area (Å²) in [5.74, 6) is -0.693. The predicted molar refractivity (Wildman–Crippen MR) is 109 cm³/mol. The molecule has 0 amide bonds. The average Bonchev–Trinajstić information content (AvgIpc) is 2.71. The van der Waals surface area contributed by atoms with Gasteiger partial charge in [0.1, 0.15) is 0 Å². The normalized spacial score (nSPS) is 12.1. The highest BCUT2D eigenvalue weighted by Crippen LogP contribution is 2.24. The van der Waals surface area contributed by atoms with E-state index in [0.717, 1.165) is 12.5 Å². The fourth-order valence-corrected chi connectivity index (χ4v) is 3.84. The molecule has 0 aliphatic heterocycles. The first-order chi connectivity index (χ1) is 13.5. The summed E-state index contributed by atoms with van der Waals surface area (Å²) in [5.41, 5.74) is 0.729. The van der Waals surface area contributed by atoms with Gasteiger partial charge in [-0.3, -0.25) is 14.2 Å². The van der Waals surface area contributed by atoms with E-state index in [-0.39, 0.29) is 34.5 Å². The van der Waals surface area contributed by atoms with Crippen LogP contribution in [0.4, 0.5) is 4.39 Å². The summed E-state index contributed by atoms with van der Waals surface area (Å²) in [6.45, 7) is 3.94. The second-order valence-electron chi connectivity index (χ2n) is 6.41. The Balaban J connectivity index is 1.92. The van der Waals surface area contributed by atoms with Gasteiger partial charge in [0.15, 0.2) is 22.5 Å². The summed E-state index contributed by atoms with van der Waals surface area (Å²) in [6, 6.07) is 11.2. The van der Waals surface area contributed by atoms with Crippen molar-refractivity contribution in [1.82, 2.24) is 9.55 Å². The van der Waals surface area contributed by atoms with E-state index in [2.05, 4.69) is 4.98 Å². The first-order valence-corrected chi connectivity index (χ1v) is 9.95. The molecule has 0 N–H and O–H groups in total. The molecule has 0 fully saturated rings. The first kappa shape index (κ1) is 20.1. The smallest absolute Gasteiger partial charge is 0.262 e.